The third-order valence-electron chi connectivity index (χ3n) is 3.05. The number of halogens is 2. The molecule has 0 saturated carbocycles. The highest BCUT2D eigenvalue weighted by molar-refractivity contribution is 6.06. The molecular formula is C16H16F2N2O. The number of nitrogens with zero attached hydrogens (tertiary/aromatic N) is 1. The van der Waals surface area contributed by atoms with Crippen LogP contribution in [0, 0.1) is 11.6 Å². The van der Waals surface area contributed by atoms with Crippen LogP contribution in [0.15, 0.2) is 42.5 Å². The lowest BCUT2D eigenvalue weighted by Crippen LogP contribution is -2.33. The zero-order valence-corrected chi connectivity index (χ0v) is 11.6. The second kappa shape index (κ2) is 6.35. The Morgan fingerprint density at radius 3 is 2.33 bits per heavy atom. The number of anilines is 2. The van der Waals surface area contributed by atoms with Crippen LogP contribution in [0.25, 0.3) is 0 Å². The second-order valence-electron chi connectivity index (χ2n) is 4.65. The van der Waals surface area contributed by atoms with Gasteiger partial charge in [0.05, 0.1) is 0 Å². The van der Waals surface area contributed by atoms with Gasteiger partial charge in [-0.05, 0) is 36.8 Å². The third kappa shape index (κ3) is 3.18. The van der Waals surface area contributed by atoms with Crippen molar-refractivity contribution >= 4 is 17.3 Å². The summed E-state index contributed by atoms with van der Waals surface area (Å²) in [6, 6.07) is 10.0. The molecule has 110 valence electrons. The molecule has 0 spiro atoms. The van der Waals surface area contributed by atoms with Crippen molar-refractivity contribution in [1.82, 2.24) is 0 Å². The van der Waals surface area contributed by atoms with Crippen molar-refractivity contribution in [3.63, 3.8) is 0 Å². The van der Waals surface area contributed by atoms with Crippen LogP contribution in [-0.2, 0) is 0 Å². The first-order valence-electron chi connectivity index (χ1n) is 6.66. The van der Waals surface area contributed by atoms with E-state index in [4.69, 9.17) is 5.73 Å². The van der Waals surface area contributed by atoms with Crippen LogP contribution in [0.3, 0.4) is 0 Å². The molecule has 3 nitrogen and oxygen atoms in total. The molecule has 2 aromatic carbocycles. The van der Waals surface area contributed by atoms with Crippen molar-refractivity contribution in [3.05, 3.63) is 59.7 Å². The molecule has 0 heterocycles. The summed E-state index contributed by atoms with van der Waals surface area (Å²) in [7, 11) is 0. The highest BCUT2D eigenvalue weighted by Gasteiger charge is 2.23. The lowest BCUT2D eigenvalue weighted by Gasteiger charge is -2.23. The maximum Gasteiger partial charge on any atom is 0.264 e. The standard InChI is InChI=1S/C16H16F2N2O/c1-2-9-20(12-6-3-5-11(19)10-12)16(21)15-13(17)7-4-8-14(15)18/h3-8,10H,2,9,19H2,1H3. The van der Waals surface area contributed by atoms with E-state index >= 15 is 0 Å². The van der Waals surface area contributed by atoms with Gasteiger partial charge >= 0.3 is 0 Å². The average Bonchev–Trinajstić information content (AvgIpc) is 2.44. The van der Waals surface area contributed by atoms with Crippen molar-refractivity contribution in [2.75, 3.05) is 17.2 Å². The van der Waals surface area contributed by atoms with Crippen LogP contribution in [0.2, 0.25) is 0 Å². The number of carbonyl (C=O) groups excluding carboxylic acids is 1. The van der Waals surface area contributed by atoms with E-state index in [1.165, 1.54) is 11.0 Å². The number of nitrogen functional groups attached to an aromatic ring is 1. The largest absolute Gasteiger partial charge is 0.399 e. The fourth-order valence-electron chi connectivity index (χ4n) is 2.10. The van der Waals surface area contributed by atoms with Crippen LogP contribution >= 0.6 is 0 Å². The Kier molecular flexibility index (Phi) is 4.52. The summed E-state index contributed by atoms with van der Waals surface area (Å²) in [5.41, 5.74) is 6.16. The minimum Gasteiger partial charge on any atom is -0.399 e. The van der Waals surface area contributed by atoms with E-state index in [2.05, 4.69) is 0 Å². The summed E-state index contributed by atoms with van der Waals surface area (Å²) in [6.07, 6.45) is 0.649. The summed E-state index contributed by atoms with van der Waals surface area (Å²) in [5, 5.41) is 0. The van der Waals surface area contributed by atoms with Gasteiger partial charge in [0.15, 0.2) is 0 Å². The van der Waals surface area contributed by atoms with Gasteiger partial charge in [0, 0.05) is 17.9 Å². The molecule has 0 bridgehead atoms. The van der Waals surface area contributed by atoms with Crippen molar-refractivity contribution in [1.29, 1.82) is 0 Å². The lowest BCUT2D eigenvalue weighted by molar-refractivity contribution is 0.0979. The summed E-state index contributed by atoms with van der Waals surface area (Å²) in [6.45, 7) is 2.22. The van der Waals surface area contributed by atoms with Gasteiger partial charge in [-0.1, -0.05) is 19.1 Å². The number of carbonyl (C=O) groups is 1. The Labute approximate surface area is 122 Å². The van der Waals surface area contributed by atoms with Crippen LogP contribution in [-0.4, -0.2) is 12.5 Å². The fourth-order valence-corrected chi connectivity index (χ4v) is 2.10. The highest BCUT2D eigenvalue weighted by Crippen LogP contribution is 2.22. The molecule has 2 N–H and O–H groups in total. The zero-order valence-electron chi connectivity index (χ0n) is 11.6. The predicted octanol–water partition coefficient (Wildman–Crippen LogP) is 3.60. The number of hydrogen-bond acceptors (Lipinski definition) is 2. The Bertz CT molecular complexity index is 638. The molecule has 2 aromatic rings. The van der Waals surface area contributed by atoms with Crippen molar-refractivity contribution in [3.8, 4) is 0 Å². The Hall–Kier alpha value is -2.43. The van der Waals surface area contributed by atoms with Gasteiger partial charge in [-0.25, -0.2) is 8.78 Å². The molecule has 21 heavy (non-hydrogen) atoms. The monoisotopic (exact) mass is 290 g/mol. The third-order valence-corrected chi connectivity index (χ3v) is 3.05. The zero-order chi connectivity index (χ0) is 15.4. The van der Waals surface area contributed by atoms with E-state index in [-0.39, 0.29) is 0 Å². The molecule has 0 aliphatic heterocycles. The van der Waals surface area contributed by atoms with Crippen LogP contribution in [0.5, 0.6) is 0 Å². The van der Waals surface area contributed by atoms with E-state index in [1.807, 2.05) is 6.92 Å². The van der Waals surface area contributed by atoms with Gasteiger partial charge in [0.1, 0.15) is 17.2 Å². The predicted molar refractivity (Wildman–Crippen MR) is 79.2 cm³/mol. The minimum atomic E-state index is -0.870. The first kappa shape index (κ1) is 15.0. The number of rotatable bonds is 4. The second-order valence-corrected chi connectivity index (χ2v) is 4.65. The quantitative estimate of drug-likeness (QED) is 0.874. The molecule has 0 fully saturated rings. The van der Waals surface area contributed by atoms with Crippen LogP contribution < -0.4 is 10.6 Å². The molecule has 5 heteroatoms. The Morgan fingerprint density at radius 1 is 1.14 bits per heavy atom. The van der Waals surface area contributed by atoms with Crippen molar-refractivity contribution < 1.29 is 13.6 Å². The fraction of sp³-hybridized carbons (Fsp3) is 0.188. The van der Waals surface area contributed by atoms with Crippen LogP contribution in [0.4, 0.5) is 20.2 Å². The molecule has 0 atom stereocenters. The summed E-state index contributed by atoms with van der Waals surface area (Å²) >= 11 is 0. The normalized spacial score (nSPS) is 10.4. The molecule has 1 amide bonds. The molecule has 0 aromatic heterocycles. The maximum absolute atomic E-state index is 13.8. The van der Waals surface area contributed by atoms with E-state index in [0.29, 0.717) is 24.3 Å². The minimum absolute atomic E-state index is 0.343. The van der Waals surface area contributed by atoms with Gasteiger partial charge in [-0.15, -0.1) is 0 Å². The van der Waals surface area contributed by atoms with Crippen molar-refractivity contribution in [2.24, 2.45) is 0 Å². The molecule has 0 aliphatic carbocycles. The van der Waals surface area contributed by atoms with Gasteiger partial charge in [0.25, 0.3) is 5.91 Å². The molecule has 0 aliphatic rings. The van der Waals surface area contributed by atoms with Gasteiger partial charge in [-0.3, -0.25) is 4.79 Å². The average molecular weight is 290 g/mol. The van der Waals surface area contributed by atoms with E-state index < -0.39 is 23.1 Å². The first-order valence-corrected chi connectivity index (χ1v) is 6.66. The highest BCUT2D eigenvalue weighted by atomic mass is 19.1. The number of benzene rings is 2. The molecule has 0 radical (unpaired) electrons. The smallest absolute Gasteiger partial charge is 0.264 e. The summed E-state index contributed by atoms with van der Waals surface area (Å²) in [4.78, 5) is 13.8. The van der Waals surface area contributed by atoms with Gasteiger partial charge in [-0.2, -0.15) is 0 Å². The lowest BCUT2D eigenvalue weighted by atomic mass is 10.1. The van der Waals surface area contributed by atoms with Crippen LogP contribution in [0.1, 0.15) is 23.7 Å². The van der Waals surface area contributed by atoms with Gasteiger partial charge in [0.2, 0.25) is 0 Å². The SMILES string of the molecule is CCCN(C(=O)c1c(F)cccc1F)c1cccc(N)c1. The first-order chi connectivity index (χ1) is 10.0. The van der Waals surface area contributed by atoms with E-state index in [9.17, 15) is 13.6 Å². The molecule has 0 saturated heterocycles. The van der Waals surface area contributed by atoms with E-state index in [1.54, 1.807) is 24.3 Å². The molecular weight excluding hydrogens is 274 g/mol. The van der Waals surface area contributed by atoms with Crippen molar-refractivity contribution in [2.45, 2.75) is 13.3 Å². The Morgan fingerprint density at radius 2 is 1.76 bits per heavy atom. The summed E-state index contributed by atoms with van der Waals surface area (Å²) < 4.78 is 27.6. The summed E-state index contributed by atoms with van der Waals surface area (Å²) in [5.74, 6) is -2.45. The molecule has 2 rings (SSSR count). The number of hydrogen-bond donors (Lipinski definition) is 1. The molecule has 0 unspecified atom stereocenters. The van der Waals surface area contributed by atoms with E-state index in [0.717, 1.165) is 12.1 Å². The number of nitrogens with two attached hydrogens (primary N) is 1. The maximum atomic E-state index is 13.8. The van der Waals surface area contributed by atoms with Gasteiger partial charge < -0.3 is 10.6 Å². The topological polar surface area (TPSA) is 46.3 Å². The number of amides is 1. The Balaban J connectivity index is 2.45.